The molecule has 1 aliphatic rings. The smallest absolute Gasteiger partial charge is 0.274 e. The van der Waals surface area contributed by atoms with Gasteiger partial charge in [-0.25, -0.2) is 15.8 Å². The van der Waals surface area contributed by atoms with E-state index in [4.69, 9.17) is 5.84 Å². The maximum absolute atomic E-state index is 12.3. The number of hydrazine groups is 1. The van der Waals surface area contributed by atoms with Crippen molar-refractivity contribution in [1.29, 1.82) is 0 Å². The fourth-order valence-electron chi connectivity index (χ4n) is 2.05. The van der Waals surface area contributed by atoms with Crippen LogP contribution in [-0.4, -0.2) is 36.9 Å². The summed E-state index contributed by atoms with van der Waals surface area (Å²) in [5.74, 6) is 6.33. The van der Waals surface area contributed by atoms with Gasteiger partial charge in [0.25, 0.3) is 5.91 Å². The van der Waals surface area contributed by atoms with Gasteiger partial charge < -0.3 is 14.9 Å². The summed E-state index contributed by atoms with van der Waals surface area (Å²) in [6.45, 7) is 1.85. The third kappa shape index (κ3) is 2.13. The van der Waals surface area contributed by atoms with Gasteiger partial charge in [-0.2, -0.15) is 0 Å². The Kier molecular flexibility index (Phi) is 2.84. The van der Waals surface area contributed by atoms with E-state index in [-0.39, 0.29) is 11.6 Å². The van der Waals surface area contributed by atoms with Crippen molar-refractivity contribution in [2.45, 2.75) is 13.1 Å². The number of imidazole rings is 1. The van der Waals surface area contributed by atoms with Gasteiger partial charge in [-0.3, -0.25) is 9.78 Å². The van der Waals surface area contributed by atoms with Gasteiger partial charge in [0.15, 0.2) is 5.82 Å². The molecule has 0 aliphatic carbocycles. The van der Waals surface area contributed by atoms with Crippen LogP contribution in [0.1, 0.15) is 16.3 Å². The minimum Gasteiger partial charge on any atom is -0.332 e. The molecule has 1 amide bonds. The number of carbonyl (C=O) groups excluding carboxylic acids is 1. The van der Waals surface area contributed by atoms with Crippen molar-refractivity contribution in [2.75, 3.05) is 12.0 Å². The monoisotopic (exact) mass is 259 g/mol. The van der Waals surface area contributed by atoms with Gasteiger partial charge >= 0.3 is 0 Å². The highest BCUT2D eigenvalue weighted by Gasteiger charge is 2.23. The molecular formula is C11H13N7O. The number of nitrogens with zero attached hydrogens (tertiary/aromatic N) is 5. The summed E-state index contributed by atoms with van der Waals surface area (Å²) in [5.41, 5.74) is 2.65. The number of anilines is 1. The molecule has 1 aliphatic heterocycles. The summed E-state index contributed by atoms with van der Waals surface area (Å²) < 4.78 is 2.04. The Labute approximate surface area is 109 Å². The molecule has 0 unspecified atom stereocenters. The number of fused-ring (bicyclic) bond motifs is 1. The van der Waals surface area contributed by atoms with E-state index < -0.39 is 0 Å². The van der Waals surface area contributed by atoms with Crippen molar-refractivity contribution in [2.24, 2.45) is 5.84 Å². The SMILES string of the molecule is NNc1cncc(C(=O)N2CCn3ccnc3C2)n1. The van der Waals surface area contributed by atoms with E-state index in [9.17, 15) is 4.79 Å². The van der Waals surface area contributed by atoms with Crippen molar-refractivity contribution < 1.29 is 4.79 Å². The maximum Gasteiger partial charge on any atom is 0.274 e. The molecule has 2 aromatic heterocycles. The molecule has 0 aromatic carbocycles. The Bertz CT molecular complexity index is 609. The fraction of sp³-hybridized carbons (Fsp3) is 0.273. The zero-order valence-electron chi connectivity index (χ0n) is 10.2. The zero-order valence-corrected chi connectivity index (χ0v) is 10.2. The fourth-order valence-corrected chi connectivity index (χ4v) is 2.05. The van der Waals surface area contributed by atoms with Crippen LogP contribution in [0.15, 0.2) is 24.8 Å². The van der Waals surface area contributed by atoms with Gasteiger partial charge in [-0.15, -0.1) is 0 Å². The standard InChI is InChI=1S/C11H13N7O/c12-16-9-6-13-5-8(15-9)11(19)18-4-3-17-2-1-14-10(17)7-18/h1-2,5-6H,3-4,7,12H2,(H,15,16). The van der Waals surface area contributed by atoms with Gasteiger partial charge in [0, 0.05) is 25.5 Å². The molecule has 3 heterocycles. The van der Waals surface area contributed by atoms with E-state index in [0.29, 0.717) is 18.9 Å². The Morgan fingerprint density at radius 3 is 3.11 bits per heavy atom. The first kappa shape index (κ1) is 11.6. The number of amides is 1. The maximum atomic E-state index is 12.3. The molecule has 0 spiro atoms. The molecule has 8 nitrogen and oxygen atoms in total. The van der Waals surface area contributed by atoms with E-state index in [2.05, 4.69) is 20.4 Å². The van der Waals surface area contributed by atoms with Crippen LogP contribution in [0.3, 0.4) is 0 Å². The molecule has 0 fully saturated rings. The molecule has 0 saturated carbocycles. The van der Waals surface area contributed by atoms with Crippen LogP contribution in [-0.2, 0) is 13.1 Å². The lowest BCUT2D eigenvalue weighted by molar-refractivity contribution is 0.0701. The number of nitrogens with two attached hydrogens (primary N) is 1. The zero-order chi connectivity index (χ0) is 13.2. The summed E-state index contributed by atoms with van der Waals surface area (Å²) in [7, 11) is 0. The van der Waals surface area contributed by atoms with Crippen LogP contribution < -0.4 is 11.3 Å². The van der Waals surface area contributed by atoms with E-state index >= 15 is 0 Å². The van der Waals surface area contributed by atoms with Gasteiger partial charge in [0.2, 0.25) is 0 Å². The predicted octanol–water partition coefficient (Wildman–Crippen LogP) is -0.385. The van der Waals surface area contributed by atoms with E-state index in [0.717, 1.165) is 12.4 Å². The number of aromatic nitrogens is 4. The minimum atomic E-state index is -0.168. The summed E-state index contributed by atoms with van der Waals surface area (Å²) in [6.07, 6.45) is 6.54. The first-order chi connectivity index (χ1) is 9.28. The molecule has 0 atom stereocenters. The third-order valence-electron chi connectivity index (χ3n) is 3.03. The number of carbonyl (C=O) groups is 1. The summed E-state index contributed by atoms with van der Waals surface area (Å²) in [6, 6.07) is 0. The summed E-state index contributed by atoms with van der Waals surface area (Å²) >= 11 is 0. The Hall–Kier alpha value is -2.48. The highest BCUT2D eigenvalue weighted by Crippen LogP contribution is 2.13. The molecule has 0 saturated heterocycles. The Morgan fingerprint density at radius 1 is 1.37 bits per heavy atom. The quantitative estimate of drug-likeness (QED) is 0.563. The molecule has 98 valence electrons. The Morgan fingerprint density at radius 2 is 2.26 bits per heavy atom. The summed E-state index contributed by atoms with van der Waals surface area (Å²) in [4.78, 5) is 26.3. The molecular weight excluding hydrogens is 246 g/mol. The normalized spacial score (nSPS) is 14.1. The van der Waals surface area contributed by atoms with Gasteiger partial charge in [-0.05, 0) is 0 Å². The predicted molar refractivity (Wildman–Crippen MR) is 66.8 cm³/mol. The number of hydrogen-bond acceptors (Lipinski definition) is 6. The van der Waals surface area contributed by atoms with Crippen molar-refractivity contribution in [3.05, 3.63) is 36.3 Å². The molecule has 3 N–H and O–H groups in total. The first-order valence-corrected chi connectivity index (χ1v) is 5.86. The number of nitrogen functional groups attached to an aromatic ring is 1. The highest BCUT2D eigenvalue weighted by atomic mass is 16.2. The van der Waals surface area contributed by atoms with Crippen molar-refractivity contribution in [1.82, 2.24) is 24.4 Å². The van der Waals surface area contributed by atoms with E-state index in [1.165, 1.54) is 12.4 Å². The van der Waals surface area contributed by atoms with Crippen LogP contribution in [0, 0.1) is 0 Å². The molecule has 2 aromatic rings. The Balaban J connectivity index is 1.81. The second kappa shape index (κ2) is 4.65. The van der Waals surface area contributed by atoms with Crippen LogP contribution in [0.2, 0.25) is 0 Å². The lowest BCUT2D eigenvalue weighted by atomic mass is 10.3. The highest BCUT2D eigenvalue weighted by molar-refractivity contribution is 5.92. The molecule has 3 rings (SSSR count). The van der Waals surface area contributed by atoms with Gasteiger partial charge in [0.05, 0.1) is 18.9 Å². The summed E-state index contributed by atoms with van der Waals surface area (Å²) in [5, 5.41) is 0. The molecule has 0 radical (unpaired) electrons. The van der Waals surface area contributed by atoms with Crippen LogP contribution in [0.4, 0.5) is 5.82 Å². The largest absolute Gasteiger partial charge is 0.332 e. The number of hydrogen-bond donors (Lipinski definition) is 2. The second-order valence-corrected chi connectivity index (χ2v) is 4.20. The number of rotatable bonds is 2. The molecule has 19 heavy (non-hydrogen) atoms. The van der Waals surface area contributed by atoms with Crippen molar-refractivity contribution in [3.63, 3.8) is 0 Å². The van der Waals surface area contributed by atoms with Gasteiger partial charge in [-0.1, -0.05) is 0 Å². The van der Waals surface area contributed by atoms with Crippen LogP contribution in [0.25, 0.3) is 0 Å². The van der Waals surface area contributed by atoms with Gasteiger partial charge in [0.1, 0.15) is 11.5 Å². The van der Waals surface area contributed by atoms with Crippen LogP contribution in [0.5, 0.6) is 0 Å². The lowest BCUT2D eigenvalue weighted by Crippen LogP contribution is -2.38. The second-order valence-electron chi connectivity index (χ2n) is 4.20. The average molecular weight is 259 g/mol. The van der Waals surface area contributed by atoms with Crippen LogP contribution >= 0.6 is 0 Å². The molecule has 8 heteroatoms. The van der Waals surface area contributed by atoms with Crippen molar-refractivity contribution >= 4 is 11.7 Å². The average Bonchev–Trinajstić information content (AvgIpc) is 2.94. The molecule has 0 bridgehead atoms. The lowest BCUT2D eigenvalue weighted by Gasteiger charge is -2.27. The minimum absolute atomic E-state index is 0.168. The van der Waals surface area contributed by atoms with E-state index in [1.807, 2.05) is 10.8 Å². The first-order valence-electron chi connectivity index (χ1n) is 5.86. The number of nitrogens with one attached hydrogen (secondary N) is 1. The van der Waals surface area contributed by atoms with Crippen molar-refractivity contribution in [3.8, 4) is 0 Å². The van der Waals surface area contributed by atoms with E-state index in [1.54, 1.807) is 11.1 Å². The third-order valence-corrected chi connectivity index (χ3v) is 3.03. The topological polar surface area (TPSA) is 102 Å².